The van der Waals surface area contributed by atoms with E-state index in [1.807, 2.05) is 0 Å². The smallest absolute Gasteiger partial charge is 0.257 e. The predicted molar refractivity (Wildman–Crippen MR) is 77.5 cm³/mol. The van der Waals surface area contributed by atoms with E-state index in [2.05, 4.69) is 6.92 Å². The van der Waals surface area contributed by atoms with Gasteiger partial charge in [0.05, 0.1) is 0 Å². The van der Waals surface area contributed by atoms with Crippen LogP contribution >= 0.6 is 46.4 Å². The quantitative estimate of drug-likeness (QED) is 0.287. The lowest BCUT2D eigenvalue weighted by Gasteiger charge is -2.18. The SMILES string of the molecule is CCCCCCCCC(Cl)CC(Cl)(Cl)C(=O)Cl. The molecule has 0 heterocycles. The third-order valence-electron chi connectivity index (χ3n) is 2.64. The number of carbonyl (C=O) groups is 1. The Morgan fingerprint density at radius 2 is 1.65 bits per heavy atom. The molecule has 0 aromatic carbocycles. The van der Waals surface area contributed by atoms with Crippen LogP contribution < -0.4 is 0 Å². The van der Waals surface area contributed by atoms with Crippen LogP contribution in [-0.4, -0.2) is 15.0 Å². The summed E-state index contributed by atoms with van der Waals surface area (Å²) in [4.78, 5) is 10.9. The summed E-state index contributed by atoms with van der Waals surface area (Å²) >= 11 is 22.8. The Hall–Kier alpha value is 0.830. The number of halogens is 4. The van der Waals surface area contributed by atoms with Gasteiger partial charge in [-0.2, -0.15) is 0 Å². The van der Waals surface area contributed by atoms with E-state index in [1.54, 1.807) is 0 Å². The lowest BCUT2D eigenvalue weighted by Crippen LogP contribution is -2.25. The van der Waals surface area contributed by atoms with Gasteiger partial charge in [0.2, 0.25) is 0 Å². The van der Waals surface area contributed by atoms with E-state index in [1.165, 1.54) is 25.7 Å². The van der Waals surface area contributed by atoms with Crippen LogP contribution in [0, 0.1) is 0 Å². The number of hydrogen-bond donors (Lipinski definition) is 0. The molecule has 5 heteroatoms. The molecule has 1 atom stereocenters. The fourth-order valence-electron chi connectivity index (χ4n) is 1.61. The molecule has 0 aliphatic heterocycles. The lowest BCUT2D eigenvalue weighted by molar-refractivity contribution is -0.112. The van der Waals surface area contributed by atoms with Crippen LogP contribution in [0.15, 0.2) is 0 Å². The first-order valence-corrected chi connectivity index (χ1v) is 7.69. The van der Waals surface area contributed by atoms with Crippen LogP contribution in [0.25, 0.3) is 0 Å². The van der Waals surface area contributed by atoms with Crippen molar-refractivity contribution in [2.75, 3.05) is 0 Å². The molecule has 0 rings (SSSR count). The first-order valence-electron chi connectivity index (χ1n) is 6.12. The molecule has 0 aromatic heterocycles. The molecule has 17 heavy (non-hydrogen) atoms. The highest BCUT2D eigenvalue weighted by molar-refractivity contribution is 6.78. The van der Waals surface area contributed by atoms with E-state index < -0.39 is 9.58 Å². The molecule has 0 spiro atoms. The molecule has 0 aromatic rings. The fraction of sp³-hybridized carbons (Fsp3) is 0.917. The maximum absolute atomic E-state index is 10.9. The molecule has 0 bridgehead atoms. The molecule has 0 N–H and O–H groups in total. The summed E-state index contributed by atoms with van der Waals surface area (Å²) in [5, 5.41) is -0.951. The highest BCUT2D eigenvalue weighted by Crippen LogP contribution is 2.32. The van der Waals surface area contributed by atoms with Crippen molar-refractivity contribution in [3.05, 3.63) is 0 Å². The minimum atomic E-state index is -1.55. The number of alkyl halides is 3. The molecule has 0 radical (unpaired) electrons. The van der Waals surface area contributed by atoms with Crippen molar-refractivity contribution in [2.45, 2.75) is 68.0 Å². The van der Waals surface area contributed by atoms with Crippen LogP contribution in [-0.2, 0) is 4.79 Å². The van der Waals surface area contributed by atoms with E-state index >= 15 is 0 Å². The van der Waals surface area contributed by atoms with Crippen LogP contribution in [0.2, 0.25) is 0 Å². The summed E-state index contributed by atoms with van der Waals surface area (Å²) in [7, 11) is 0. The van der Waals surface area contributed by atoms with Crippen LogP contribution in [0.1, 0.15) is 58.3 Å². The Morgan fingerprint density at radius 3 is 2.18 bits per heavy atom. The molecule has 1 nitrogen and oxygen atoms in total. The van der Waals surface area contributed by atoms with E-state index in [0.717, 1.165) is 19.3 Å². The minimum absolute atomic E-state index is 0.195. The normalized spacial score (nSPS) is 13.7. The molecule has 0 aliphatic carbocycles. The van der Waals surface area contributed by atoms with Gasteiger partial charge in [0.15, 0.2) is 4.33 Å². The Balaban J connectivity index is 3.59. The standard InChI is InChI=1S/C12H20Cl4O/c1-2-3-4-5-6-7-8-10(13)9-12(15,16)11(14)17/h10H,2-9H2,1H3. The fourth-order valence-corrected chi connectivity index (χ4v) is 2.60. The van der Waals surface area contributed by atoms with Gasteiger partial charge in [-0.1, -0.05) is 68.7 Å². The van der Waals surface area contributed by atoms with Crippen LogP contribution in [0.4, 0.5) is 0 Å². The summed E-state index contributed by atoms with van der Waals surface area (Å²) in [5.41, 5.74) is 0. The average Bonchev–Trinajstić information content (AvgIpc) is 2.22. The van der Waals surface area contributed by atoms with Gasteiger partial charge in [-0.25, -0.2) is 0 Å². The lowest BCUT2D eigenvalue weighted by atomic mass is 10.1. The second-order valence-electron chi connectivity index (χ2n) is 4.34. The zero-order valence-electron chi connectivity index (χ0n) is 10.2. The van der Waals surface area contributed by atoms with Crippen molar-refractivity contribution in [3.63, 3.8) is 0 Å². The zero-order chi connectivity index (χ0) is 13.3. The van der Waals surface area contributed by atoms with Gasteiger partial charge in [0, 0.05) is 11.8 Å². The van der Waals surface area contributed by atoms with Crippen molar-refractivity contribution in [1.82, 2.24) is 0 Å². The van der Waals surface area contributed by atoms with Crippen LogP contribution in [0.5, 0.6) is 0 Å². The summed E-state index contributed by atoms with van der Waals surface area (Å²) in [6.45, 7) is 2.19. The molecule has 0 aliphatic rings. The predicted octanol–water partition coefficient (Wildman–Crippen LogP) is 5.67. The largest absolute Gasteiger partial charge is 0.278 e. The number of hydrogen-bond acceptors (Lipinski definition) is 1. The number of unbranched alkanes of at least 4 members (excludes halogenated alkanes) is 5. The second kappa shape index (κ2) is 9.72. The highest BCUT2D eigenvalue weighted by atomic mass is 35.5. The first kappa shape index (κ1) is 17.8. The number of rotatable bonds is 10. The van der Waals surface area contributed by atoms with Crippen molar-refractivity contribution >= 4 is 51.6 Å². The molecule has 0 saturated heterocycles. The van der Waals surface area contributed by atoms with Gasteiger partial charge in [-0.3, -0.25) is 4.79 Å². The van der Waals surface area contributed by atoms with Gasteiger partial charge >= 0.3 is 0 Å². The van der Waals surface area contributed by atoms with E-state index in [0.29, 0.717) is 0 Å². The molecule has 0 saturated carbocycles. The third-order valence-corrected chi connectivity index (χ3v) is 4.18. The maximum atomic E-state index is 10.9. The van der Waals surface area contributed by atoms with Gasteiger partial charge in [0.1, 0.15) is 0 Å². The highest BCUT2D eigenvalue weighted by Gasteiger charge is 2.34. The van der Waals surface area contributed by atoms with Gasteiger partial charge < -0.3 is 0 Å². The van der Waals surface area contributed by atoms with Crippen molar-refractivity contribution in [3.8, 4) is 0 Å². The Kier molecular flexibility index (Phi) is 10.2. The molecular weight excluding hydrogens is 302 g/mol. The summed E-state index contributed by atoms with van der Waals surface area (Å²) in [6.07, 6.45) is 8.27. The average molecular weight is 322 g/mol. The van der Waals surface area contributed by atoms with Crippen molar-refractivity contribution < 1.29 is 4.79 Å². The summed E-state index contributed by atoms with van der Waals surface area (Å²) in [6, 6.07) is 0. The molecule has 0 amide bonds. The molecular formula is C12H20Cl4O. The summed E-state index contributed by atoms with van der Waals surface area (Å²) in [5.74, 6) is 0. The van der Waals surface area contributed by atoms with E-state index in [-0.39, 0.29) is 11.8 Å². The molecule has 0 fully saturated rings. The Morgan fingerprint density at radius 1 is 1.12 bits per heavy atom. The Bertz CT molecular complexity index is 219. The molecule has 1 unspecified atom stereocenters. The zero-order valence-corrected chi connectivity index (χ0v) is 13.2. The topological polar surface area (TPSA) is 17.1 Å². The minimum Gasteiger partial charge on any atom is -0.278 e. The van der Waals surface area contributed by atoms with Gasteiger partial charge in [0.25, 0.3) is 5.24 Å². The first-order chi connectivity index (χ1) is 7.90. The van der Waals surface area contributed by atoms with Crippen molar-refractivity contribution in [1.29, 1.82) is 0 Å². The van der Waals surface area contributed by atoms with Crippen molar-refractivity contribution in [2.24, 2.45) is 0 Å². The monoisotopic (exact) mass is 320 g/mol. The van der Waals surface area contributed by atoms with Gasteiger partial charge in [-0.05, 0) is 18.0 Å². The molecule has 102 valence electrons. The van der Waals surface area contributed by atoms with E-state index in [4.69, 9.17) is 46.4 Å². The van der Waals surface area contributed by atoms with E-state index in [9.17, 15) is 4.79 Å². The maximum Gasteiger partial charge on any atom is 0.257 e. The summed E-state index contributed by atoms with van der Waals surface area (Å²) < 4.78 is -1.55. The Labute approximate surface area is 124 Å². The second-order valence-corrected chi connectivity index (χ2v) is 6.78. The van der Waals surface area contributed by atoms with Crippen LogP contribution in [0.3, 0.4) is 0 Å². The number of carbonyl (C=O) groups excluding carboxylic acids is 1. The third kappa shape index (κ3) is 9.41. The van der Waals surface area contributed by atoms with Gasteiger partial charge in [-0.15, -0.1) is 11.6 Å².